The fourth-order valence-corrected chi connectivity index (χ4v) is 3.72. The first kappa shape index (κ1) is 25.3. The predicted molar refractivity (Wildman–Crippen MR) is 125 cm³/mol. The Morgan fingerprint density at radius 2 is 1.80 bits per heavy atom. The van der Waals surface area contributed by atoms with Gasteiger partial charge in [0.05, 0.1) is 23.9 Å². The van der Waals surface area contributed by atoms with Crippen LogP contribution in [0.15, 0.2) is 42.5 Å². The lowest BCUT2D eigenvalue weighted by molar-refractivity contribution is 0.324. The van der Waals surface area contributed by atoms with Crippen LogP contribution in [-0.2, 0) is 6.54 Å². The van der Waals surface area contributed by atoms with Crippen molar-refractivity contribution in [1.29, 1.82) is 5.26 Å². The van der Waals surface area contributed by atoms with Gasteiger partial charge in [-0.1, -0.05) is 18.9 Å². The summed E-state index contributed by atoms with van der Waals surface area (Å²) in [5.74, 6) is 2.65. The van der Waals surface area contributed by atoms with Crippen LogP contribution in [0.25, 0.3) is 22.2 Å². The zero-order valence-corrected chi connectivity index (χ0v) is 18.3. The smallest absolute Gasteiger partial charge is 0.120 e. The Morgan fingerprint density at radius 1 is 1.10 bits per heavy atom. The summed E-state index contributed by atoms with van der Waals surface area (Å²) in [5.41, 5.74) is 3.63. The van der Waals surface area contributed by atoms with Crippen molar-refractivity contribution in [3.8, 4) is 28.8 Å². The lowest BCUT2D eigenvalue weighted by Gasteiger charge is -2.11. The summed E-state index contributed by atoms with van der Waals surface area (Å²) in [7, 11) is 1.65. The molecule has 0 bridgehead atoms. The highest BCUT2D eigenvalue weighted by atomic mass is 32.2. The molecule has 5 N–H and O–H groups in total. The molecule has 0 fully saturated rings. The highest BCUT2D eigenvalue weighted by Crippen LogP contribution is 2.35. The molecule has 0 aliphatic heterocycles. The molecule has 0 unspecified atom stereocenters. The third kappa shape index (κ3) is 5.26. The lowest BCUT2D eigenvalue weighted by atomic mass is 10.1. The Kier molecular flexibility index (Phi) is 10.2. The Bertz CT molecular complexity index is 987. The number of nitrogens with zero attached hydrogens (tertiary/aromatic N) is 2. The van der Waals surface area contributed by atoms with Crippen molar-refractivity contribution in [2.24, 2.45) is 0 Å². The third-order valence-electron chi connectivity index (χ3n) is 4.55. The van der Waals surface area contributed by atoms with Gasteiger partial charge >= 0.3 is 0 Å². The molecule has 164 valence electrons. The first-order valence-electron chi connectivity index (χ1n) is 9.41. The van der Waals surface area contributed by atoms with Crippen molar-refractivity contribution in [3.63, 3.8) is 0 Å². The van der Waals surface area contributed by atoms with Crippen molar-refractivity contribution in [2.45, 2.75) is 20.4 Å². The van der Waals surface area contributed by atoms with E-state index >= 15 is 0 Å². The number of ether oxygens (including phenoxy) is 2. The van der Waals surface area contributed by atoms with Crippen molar-refractivity contribution in [1.82, 2.24) is 9.29 Å². The normalized spacial score (nSPS) is 10.1. The van der Waals surface area contributed by atoms with Crippen LogP contribution in [0.2, 0.25) is 0 Å². The number of aryl methyl sites for hydroxylation is 1. The first-order chi connectivity index (χ1) is 13.7. The quantitative estimate of drug-likeness (QED) is 0.409. The summed E-state index contributed by atoms with van der Waals surface area (Å²) in [5, 5.41) is 10.8. The molecule has 7 nitrogen and oxygen atoms in total. The number of benzene rings is 2. The molecule has 1 aromatic heterocycles. The molecule has 0 spiro atoms. The van der Waals surface area contributed by atoms with Gasteiger partial charge in [-0.05, 0) is 48.9 Å². The molecule has 0 saturated carbocycles. The largest absolute Gasteiger partial charge is 0.497 e. The Morgan fingerprint density at radius 3 is 2.40 bits per heavy atom. The van der Waals surface area contributed by atoms with Gasteiger partial charge in [-0.2, -0.15) is 5.26 Å². The second-order valence-electron chi connectivity index (χ2n) is 6.16. The van der Waals surface area contributed by atoms with E-state index in [1.165, 1.54) is 0 Å². The van der Waals surface area contributed by atoms with E-state index in [-0.39, 0.29) is 12.4 Å². The molecule has 0 amide bonds. The average molecular weight is 434 g/mol. The lowest BCUT2D eigenvalue weighted by Crippen LogP contribution is -2.14. The molecule has 8 heteroatoms. The maximum absolute atomic E-state index is 9.83. The van der Waals surface area contributed by atoms with E-state index in [1.54, 1.807) is 19.1 Å². The summed E-state index contributed by atoms with van der Waals surface area (Å²) < 4.78 is 16.6. The standard InChI is InChI=1S/C22H25N3O2S.2H2O.H2/c1-4-25-21-14-18(26-3)10-11-19(21)20(15-23)22(25)16-6-8-17(9-7-16)27-13-12-24-28-5-2;;;/h6-11,14,24H,4-5,12-13H2,1-3H3;2*1H2;1H. The van der Waals surface area contributed by atoms with Crippen molar-refractivity contribution < 1.29 is 21.9 Å². The Balaban J connectivity index is 0.00000300. The Labute approximate surface area is 182 Å². The van der Waals surface area contributed by atoms with Gasteiger partial charge in [0.25, 0.3) is 0 Å². The van der Waals surface area contributed by atoms with Crippen LogP contribution in [0.3, 0.4) is 0 Å². The number of hydrogen-bond donors (Lipinski definition) is 1. The molecule has 0 radical (unpaired) electrons. The van der Waals surface area contributed by atoms with E-state index < -0.39 is 0 Å². The van der Waals surface area contributed by atoms with Crippen LogP contribution in [0.5, 0.6) is 11.5 Å². The molecular formula is C22H31N3O4S. The van der Waals surface area contributed by atoms with Gasteiger partial charge in [0.1, 0.15) is 24.2 Å². The van der Waals surface area contributed by atoms with Gasteiger partial charge in [-0.25, -0.2) is 0 Å². The van der Waals surface area contributed by atoms with Crippen molar-refractivity contribution in [3.05, 3.63) is 48.0 Å². The third-order valence-corrected chi connectivity index (χ3v) is 5.24. The number of nitriles is 1. The molecule has 0 aliphatic rings. The summed E-state index contributed by atoms with van der Waals surface area (Å²) in [4.78, 5) is 0. The average Bonchev–Trinajstić information content (AvgIpc) is 3.06. The van der Waals surface area contributed by atoms with Gasteiger partial charge in [0.2, 0.25) is 0 Å². The fraction of sp³-hybridized carbons (Fsp3) is 0.318. The molecule has 1 heterocycles. The summed E-state index contributed by atoms with van der Waals surface area (Å²) >= 11 is 1.68. The van der Waals surface area contributed by atoms with Crippen LogP contribution >= 0.6 is 11.9 Å². The van der Waals surface area contributed by atoms with E-state index in [0.29, 0.717) is 12.2 Å². The molecule has 2 aromatic carbocycles. The van der Waals surface area contributed by atoms with Gasteiger partial charge in [-0.3, -0.25) is 4.72 Å². The summed E-state index contributed by atoms with van der Waals surface area (Å²) in [6.45, 7) is 6.37. The SMILES string of the molecule is CCSNCCOc1ccc(-c2c(C#N)c3ccc(OC)cc3n2CC)cc1.O.O.[HH]. The van der Waals surface area contributed by atoms with E-state index in [9.17, 15) is 5.26 Å². The second-order valence-corrected chi connectivity index (χ2v) is 7.32. The molecule has 3 rings (SSSR count). The van der Waals surface area contributed by atoms with Crippen LogP contribution in [0.4, 0.5) is 0 Å². The number of nitrogens with one attached hydrogen (secondary N) is 1. The second kappa shape index (κ2) is 12.1. The number of hydrogen-bond acceptors (Lipinski definition) is 5. The fourth-order valence-electron chi connectivity index (χ4n) is 3.29. The van der Waals surface area contributed by atoms with Gasteiger partial charge in [0, 0.05) is 31.7 Å². The van der Waals surface area contributed by atoms with Gasteiger partial charge in [0.15, 0.2) is 0 Å². The van der Waals surface area contributed by atoms with Crippen LogP contribution in [-0.4, -0.2) is 41.5 Å². The van der Waals surface area contributed by atoms with E-state index in [1.807, 2.05) is 42.5 Å². The minimum absolute atomic E-state index is 0. The molecule has 30 heavy (non-hydrogen) atoms. The maximum atomic E-state index is 9.83. The first-order valence-corrected chi connectivity index (χ1v) is 10.4. The van der Waals surface area contributed by atoms with Crippen LogP contribution in [0.1, 0.15) is 20.8 Å². The molecule has 3 aromatic rings. The van der Waals surface area contributed by atoms with Crippen LogP contribution < -0.4 is 14.2 Å². The highest BCUT2D eigenvalue weighted by Gasteiger charge is 2.18. The van der Waals surface area contributed by atoms with Gasteiger partial charge < -0.3 is 25.0 Å². The van der Waals surface area contributed by atoms with Crippen molar-refractivity contribution >= 4 is 22.9 Å². The minimum Gasteiger partial charge on any atom is -0.497 e. The Hall–Kier alpha value is -2.70. The molecule has 0 atom stereocenters. The molecule has 0 saturated heterocycles. The van der Waals surface area contributed by atoms with Gasteiger partial charge in [-0.15, -0.1) is 0 Å². The molecular weight excluding hydrogens is 402 g/mol. The minimum atomic E-state index is 0. The zero-order chi connectivity index (χ0) is 19.9. The van der Waals surface area contributed by atoms with E-state index in [2.05, 4.69) is 29.2 Å². The predicted octanol–water partition coefficient (Wildman–Crippen LogP) is 3.44. The number of rotatable bonds is 9. The molecule has 0 aliphatic carbocycles. The number of methoxy groups -OCH3 is 1. The van der Waals surface area contributed by atoms with E-state index in [4.69, 9.17) is 9.47 Å². The summed E-state index contributed by atoms with van der Waals surface area (Å²) in [6, 6.07) is 16.2. The van der Waals surface area contributed by atoms with Crippen LogP contribution in [0, 0.1) is 11.3 Å². The topological polar surface area (TPSA) is 122 Å². The maximum Gasteiger partial charge on any atom is 0.120 e. The number of fused-ring (bicyclic) bond motifs is 1. The highest BCUT2D eigenvalue weighted by molar-refractivity contribution is 7.97. The van der Waals surface area contributed by atoms with Crippen molar-refractivity contribution in [2.75, 3.05) is 26.0 Å². The number of aromatic nitrogens is 1. The monoisotopic (exact) mass is 433 g/mol. The van der Waals surface area contributed by atoms with E-state index in [0.717, 1.165) is 52.5 Å². The summed E-state index contributed by atoms with van der Waals surface area (Å²) in [6.07, 6.45) is 0. The zero-order valence-electron chi connectivity index (χ0n) is 17.5.